The zero-order chi connectivity index (χ0) is 23.9. The molecule has 1 heterocycles. The Morgan fingerprint density at radius 2 is 1.65 bits per heavy atom. The predicted molar refractivity (Wildman–Crippen MR) is 133 cm³/mol. The number of anilines is 1. The van der Waals surface area contributed by atoms with Crippen molar-refractivity contribution in [2.75, 3.05) is 11.4 Å². The van der Waals surface area contributed by atoms with E-state index in [1.807, 2.05) is 54.6 Å². The van der Waals surface area contributed by atoms with Gasteiger partial charge in [0.2, 0.25) is 11.8 Å². The standard InChI is InChI=1S/C27H26ClN3O3/c28-23-10-5-4-9-22(23)27(34)30-24(20-7-2-1-3-8-20)17-25(32)29-18-19-12-14-21(15-13-19)31-16-6-11-26(31)33/h1-5,7-10,12-15,24H,6,11,16-18H2,(H,29,32)(H,30,34). The highest BCUT2D eigenvalue weighted by atomic mass is 35.5. The smallest absolute Gasteiger partial charge is 0.253 e. The van der Waals surface area contributed by atoms with E-state index in [9.17, 15) is 14.4 Å². The van der Waals surface area contributed by atoms with Crippen molar-refractivity contribution in [1.29, 1.82) is 0 Å². The third-order valence-electron chi connectivity index (χ3n) is 5.83. The molecule has 174 valence electrons. The van der Waals surface area contributed by atoms with Crippen molar-refractivity contribution >= 4 is 35.0 Å². The van der Waals surface area contributed by atoms with Crippen LogP contribution in [0.25, 0.3) is 0 Å². The van der Waals surface area contributed by atoms with E-state index in [0.29, 0.717) is 23.6 Å². The fourth-order valence-corrected chi connectivity index (χ4v) is 4.21. The van der Waals surface area contributed by atoms with Crippen LogP contribution in [0.2, 0.25) is 5.02 Å². The first-order chi connectivity index (χ1) is 16.5. The quantitative estimate of drug-likeness (QED) is 0.498. The first kappa shape index (κ1) is 23.5. The van der Waals surface area contributed by atoms with Crippen LogP contribution in [0.4, 0.5) is 5.69 Å². The van der Waals surface area contributed by atoms with E-state index in [1.165, 1.54) is 0 Å². The monoisotopic (exact) mass is 475 g/mol. The summed E-state index contributed by atoms with van der Waals surface area (Å²) in [4.78, 5) is 39.3. The highest BCUT2D eigenvalue weighted by molar-refractivity contribution is 6.33. The van der Waals surface area contributed by atoms with Gasteiger partial charge in [0.15, 0.2) is 0 Å². The minimum atomic E-state index is -0.506. The Kier molecular flexibility index (Phi) is 7.60. The van der Waals surface area contributed by atoms with E-state index in [4.69, 9.17) is 11.6 Å². The number of benzene rings is 3. The molecule has 0 saturated carbocycles. The van der Waals surface area contributed by atoms with Crippen molar-refractivity contribution < 1.29 is 14.4 Å². The van der Waals surface area contributed by atoms with Crippen molar-refractivity contribution in [1.82, 2.24) is 10.6 Å². The van der Waals surface area contributed by atoms with Gasteiger partial charge in [0.05, 0.1) is 23.0 Å². The van der Waals surface area contributed by atoms with Crippen LogP contribution in [-0.2, 0) is 16.1 Å². The van der Waals surface area contributed by atoms with Gasteiger partial charge in [0.1, 0.15) is 0 Å². The van der Waals surface area contributed by atoms with Gasteiger partial charge in [-0.1, -0.05) is 66.2 Å². The normalized spacial score (nSPS) is 14.0. The maximum atomic E-state index is 12.8. The van der Waals surface area contributed by atoms with Gasteiger partial charge in [0.25, 0.3) is 5.91 Å². The zero-order valence-corrected chi connectivity index (χ0v) is 19.4. The second-order valence-corrected chi connectivity index (χ2v) is 8.62. The molecule has 1 aliphatic heterocycles. The Morgan fingerprint density at radius 3 is 2.32 bits per heavy atom. The number of halogens is 1. The summed E-state index contributed by atoms with van der Waals surface area (Å²) >= 11 is 6.17. The van der Waals surface area contributed by atoms with E-state index in [2.05, 4.69) is 10.6 Å². The van der Waals surface area contributed by atoms with Gasteiger partial charge in [-0.2, -0.15) is 0 Å². The molecule has 4 rings (SSSR count). The van der Waals surface area contributed by atoms with Crippen molar-refractivity contribution in [3.63, 3.8) is 0 Å². The molecule has 1 aliphatic rings. The summed E-state index contributed by atoms with van der Waals surface area (Å²) in [5.41, 5.74) is 3.00. The van der Waals surface area contributed by atoms with Gasteiger partial charge in [-0.15, -0.1) is 0 Å². The van der Waals surface area contributed by atoms with E-state index < -0.39 is 6.04 Å². The van der Waals surface area contributed by atoms with Crippen LogP contribution < -0.4 is 15.5 Å². The molecule has 3 aromatic rings. The number of rotatable bonds is 8. The SMILES string of the molecule is O=C(CC(NC(=O)c1ccccc1Cl)c1ccccc1)NCc1ccc(N2CCCC2=O)cc1. The molecule has 3 amide bonds. The van der Waals surface area contributed by atoms with E-state index >= 15 is 0 Å². The minimum absolute atomic E-state index is 0.0839. The fourth-order valence-electron chi connectivity index (χ4n) is 3.99. The summed E-state index contributed by atoms with van der Waals surface area (Å²) in [6.45, 7) is 1.10. The average molecular weight is 476 g/mol. The van der Waals surface area contributed by atoms with E-state index in [0.717, 1.165) is 29.8 Å². The van der Waals surface area contributed by atoms with Gasteiger partial charge in [0, 0.05) is 25.2 Å². The lowest BCUT2D eigenvalue weighted by Crippen LogP contribution is -2.33. The van der Waals surface area contributed by atoms with Gasteiger partial charge in [-0.05, 0) is 41.8 Å². The molecule has 1 unspecified atom stereocenters. The zero-order valence-electron chi connectivity index (χ0n) is 18.7. The highest BCUT2D eigenvalue weighted by Gasteiger charge is 2.22. The summed E-state index contributed by atoms with van der Waals surface area (Å²) in [6, 6.07) is 23.3. The topological polar surface area (TPSA) is 78.5 Å². The molecule has 6 nitrogen and oxygen atoms in total. The number of nitrogens with zero attached hydrogens (tertiary/aromatic N) is 1. The van der Waals surface area contributed by atoms with Crippen molar-refractivity contribution in [3.8, 4) is 0 Å². The van der Waals surface area contributed by atoms with Crippen LogP contribution in [0, 0.1) is 0 Å². The Morgan fingerprint density at radius 1 is 0.941 bits per heavy atom. The summed E-state index contributed by atoms with van der Waals surface area (Å²) in [5, 5.41) is 6.22. The maximum Gasteiger partial charge on any atom is 0.253 e. The van der Waals surface area contributed by atoms with Crippen LogP contribution in [0.5, 0.6) is 0 Å². The molecule has 2 N–H and O–H groups in total. The summed E-state index contributed by atoms with van der Waals surface area (Å²) < 4.78 is 0. The minimum Gasteiger partial charge on any atom is -0.352 e. The molecule has 0 aliphatic carbocycles. The predicted octanol–water partition coefficient (Wildman–Crippen LogP) is 4.64. The molecule has 0 radical (unpaired) electrons. The van der Waals surface area contributed by atoms with Crippen LogP contribution >= 0.6 is 11.6 Å². The first-order valence-corrected chi connectivity index (χ1v) is 11.7. The van der Waals surface area contributed by atoms with Gasteiger partial charge >= 0.3 is 0 Å². The van der Waals surface area contributed by atoms with Gasteiger partial charge in [-0.3, -0.25) is 14.4 Å². The summed E-state index contributed by atoms with van der Waals surface area (Å²) in [5.74, 6) is -0.377. The number of carbonyl (C=O) groups is 3. The summed E-state index contributed by atoms with van der Waals surface area (Å²) in [7, 11) is 0. The Hall–Kier alpha value is -3.64. The van der Waals surface area contributed by atoms with E-state index in [-0.39, 0.29) is 24.1 Å². The molecule has 34 heavy (non-hydrogen) atoms. The number of nitrogens with one attached hydrogen (secondary N) is 2. The van der Waals surface area contributed by atoms with Gasteiger partial charge in [-0.25, -0.2) is 0 Å². The molecule has 0 aromatic heterocycles. The average Bonchev–Trinajstić information content (AvgIpc) is 3.29. The Labute approximate surface area is 203 Å². The molecule has 3 aromatic carbocycles. The first-order valence-electron chi connectivity index (χ1n) is 11.3. The molecule has 0 spiro atoms. The Balaban J connectivity index is 1.38. The lowest BCUT2D eigenvalue weighted by molar-refractivity contribution is -0.121. The summed E-state index contributed by atoms with van der Waals surface area (Å²) in [6.07, 6.45) is 1.56. The third-order valence-corrected chi connectivity index (χ3v) is 6.16. The fraction of sp³-hybridized carbons (Fsp3) is 0.222. The molecule has 1 atom stereocenters. The molecule has 0 bridgehead atoms. The molecule has 1 fully saturated rings. The van der Waals surface area contributed by atoms with Crippen molar-refractivity contribution in [2.24, 2.45) is 0 Å². The van der Waals surface area contributed by atoms with Crippen LogP contribution in [0.15, 0.2) is 78.9 Å². The number of hydrogen-bond donors (Lipinski definition) is 2. The molecule has 1 saturated heterocycles. The van der Waals surface area contributed by atoms with Crippen molar-refractivity contribution in [2.45, 2.75) is 31.8 Å². The maximum absolute atomic E-state index is 12.8. The highest BCUT2D eigenvalue weighted by Crippen LogP contribution is 2.22. The molecular formula is C27H26ClN3O3. The van der Waals surface area contributed by atoms with Crippen LogP contribution in [-0.4, -0.2) is 24.3 Å². The largest absolute Gasteiger partial charge is 0.352 e. The second kappa shape index (κ2) is 11.0. The number of carbonyl (C=O) groups excluding carboxylic acids is 3. The Bertz CT molecular complexity index is 1170. The van der Waals surface area contributed by atoms with Crippen molar-refractivity contribution in [3.05, 3.63) is 101 Å². The molecule has 7 heteroatoms. The van der Waals surface area contributed by atoms with E-state index in [1.54, 1.807) is 29.2 Å². The number of amides is 3. The molecular weight excluding hydrogens is 450 g/mol. The third kappa shape index (κ3) is 5.83. The van der Waals surface area contributed by atoms with Gasteiger partial charge < -0.3 is 15.5 Å². The lowest BCUT2D eigenvalue weighted by Gasteiger charge is -2.20. The lowest BCUT2D eigenvalue weighted by atomic mass is 10.0. The van der Waals surface area contributed by atoms with Crippen LogP contribution in [0.1, 0.15) is 46.8 Å². The van der Waals surface area contributed by atoms with Crippen LogP contribution in [0.3, 0.4) is 0 Å². The second-order valence-electron chi connectivity index (χ2n) is 8.21. The number of hydrogen-bond acceptors (Lipinski definition) is 3.